The van der Waals surface area contributed by atoms with Gasteiger partial charge in [0.1, 0.15) is 0 Å². The van der Waals surface area contributed by atoms with Crippen LogP contribution in [0.15, 0.2) is 0 Å². The molecule has 0 radical (unpaired) electrons. The van der Waals surface area contributed by atoms with Gasteiger partial charge in [0.25, 0.3) is 0 Å². The molecule has 0 nitrogen and oxygen atoms in total. The molecule has 2 bridgehead atoms. The largest absolute Gasteiger partial charge is 0.0596 e. The van der Waals surface area contributed by atoms with Crippen molar-refractivity contribution in [1.82, 2.24) is 0 Å². The van der Waals surface area contributed by atoms with Crippen LogP contribution in [0.25, 0.3) is 0 Å². The summed E-state index contributed by atoms with van der Waals surface area (Å²) in [5.74, 6) is 0. The first-order valence-corrected chi connectivity index (χ1v) is 11.1. The van der Waals surface area contributed by atoms with E-state index in [2.05, 4.69) is 13.8 Å². The van der Waals surface area contributed by atoms with Gasteiger partial charge in [-0.3, -0.25) is 0 Å². The zero-order valence-corrected chi connectivity index (χ0v) is 16.4. The lowest BCUT2D eigenvalue weighted by molar-refractivity contribution is 0.186. The zero-order chi connectivity index (χ0) is 16.4. The highest BCUT2D eigenvalue weighted by molar-refractivity contribution is 4.80. The van der Waals surface area contributed by atoms with Crippen LogP contribution in [0.4, 0.5) is 0 Å². The van der Waals surface area contributed by atoms with Crippen molar-refractivity contribution in [1.29, 1.82) is 0 Å². The van der Waals surface area contributed by atoms with E-state index in [4.69, 9.17) is 0 Å². The Kier molecular flexibility index (Phi) is 8.48. The molecule has 0 amide bonds. The predicted octanol–water partition coefficient (Wildman–Crippen LogP) is 8.44. The smallest absolute Gasteiger partial charge is 0.0326 e. The fourth-order valence-corrected chi connectivity index (χ4v) is 5.31. The van der Waals surface area contributed by atoms with Gasteiger partial charge >= 0.3 is 0 Å². The molecule has 2 aliphatic rings. The molecule has 0 aromatic heterocycles. The molecule has 23 heavy (non-hydrogen) atoms. The highest BCUT2D eigenvalue weighted by Gasteiger charge is 2.28. The first-order chi connectivity index (χ1) is 11.1. The van der Waals surface area contributed by atoms with Gasteiger partial charge in [0, 0.05) is 0 Å². The minimum absolute atomic E-state index is 0.656. The number of rotatable bonds is 0. The van der Waals surface area contributed by atoms with Crippen LogP contribution in [0.2, 0.25) is 0 Å². The summed E-state index contributed by atoms with van der Waals surface area (Å²) in [6, 6.07) is 0. The van der Waals surface area contributed by atoms with Gasteiger partial charge in [-0.05, 0) is 49.4 Å². The van der Waals surface area contributed by atoms with Gasteiger partial charge in [-0.1, -0.05) is 97.3 Å². The molecular weight excluding hydrogens is 276 g/mol. The van der Waals surface area contributed by atoms with E-state index >= 15 is 0 Å². The summed E-state index contributed by atoms with van der Waals surface area (Å²) >= 11 is 0. The normalized spacial score (nSPS) is 36.8. The molecule has 0 atom stereocenters. The van der Waals surface area contributed by atoms with E-state index in [1.54, 1.807) is 0 Å². The summed E-state index contributed by atoms with van der Waals surface area (Å²) in [4.78, 5) is 0. The van der Waals surface area contributed by atoms with Gasteiger partial charge in [-0.15, -0.1) is 0 Å². The molecule has 0 N–H and O–H groups in total. The van der Waals surface area contributed by atoms with Crippen molar-refractivity contribution in [2.45, 2.75) is 136 Å². The van der Waals surface area contributed by atoms with Gasteiger partial charge in [0.2, 0.25) is 0 Å². The zero-order valence-electron chi connectivity index (χ0n) is 16.4. The molecule has 0 saturated heterocycles. The molecule has 0 heterocycles. The molecule has 2 fully saturated rings. The summed E-state index contributed by atoms with van der Waals surface area (Å²) in [6.07, 6.45) is 28.4. The molecule has 0 aliphatic heterocycles. The lowest BCUT2D eigenvalue weighted by Gasteiger charge is -2.34. The van der Waals surface area contributed by atoms with Gasteiger partial charge < -0.3 is 0 Å². The van der Waals surface area contributed by atoms with E-state index in [-0.39, 0.29) is 0 Å². The summed E-state index contributed by atoms with van der Waals surface area (Å²) in [6.45, 7) is 5.26. The first kappa shape index (κ1) is 19.3. The highest BCUT2D eigenvalue weighted by Crippen LogP contribution is 2.42. The highest BCUT2D eigenvalue weighted by atomic mass is 14.3. The van der Waals surface area contributed by atoms with Gasteiger partial charge in [0.15, 0.2) is 0 Å². The molecule has 0 aromatic carbocycles. The fourth-order valence-electron chi connectivity index (χ4n) is 5.31. The van der Waals surface area contributed by atoms with E-state index in [1.807, 2.05) is 0 Å². The van der Waals surface area contributed by atoms with Crippen LogP contribution in [0.3, 0.4) is 0 Å². The molecule has 2 rings (SSSR count). The standard InChI is InChI=1S/C23H44/c1-22-16-11-7-3-5-9-13-18-23(2,21-15-20-22)19-14-10-6-4-8-12-17-22/h3-21H2,1-2H3. The maximum atomic E-state index is 2.63. The third-order valence-corrected chi connectivity index (χ3v) is 7.18. The van der Waals surface area contributed by atoms with Crippen molar-refractivity contribution >= 4 is 0 Å². The number of hydrogen-bond acceptors (Lipinski definition) is 0. The lowest BCUT2D eigenvalue weighted by atomic mass is 9.72. The monoisotopic (exact) mass is 320 g/mol. The summed E-state index contributed by atoms with van der Waals surface area (Å²) in [7, 11) is 0. The third kappa shape index (κ3) is 7.61. The Bertz CT molecular complexity index is 253. The van der Waals surface area contributed by atoms with Crippen molar-refractivity contribution < 1.29 is 0 Å². The van der Waals surface area contributed by atoms with Gasteiger partial charge in [0.05, 0.1) is 0 Å². The molecule has 0 unspecified atom stereocenters. The van der Waals surface area contributed by atoms with Crippen LogP contribution in [0, 0.1) is 10.8 Å². The van der Waals surface area contributed by atoms with Gasteiger partial charge in [-0.2, -0.15) is 0 Å². The molecule has 136 valence electrons. The summed E-state index contributed by atoms with van der Waals surface area (Å²) in [5, 5.41) is 0. The second-order valence-corrected chi connectivity index (χ2v) is 9.72. The topological polar surface area (TPSA) is 0 Å². The SMILES string of the molecule is CC12CCCCCCCCC(C)(CCCCCCCC1)CCC2. The van der Waals surface area contributed by atoms with Crippen LogP contribution in [0.5, 0.6) is 0 Å². The number of fused-ring (bicyclic) bond motifs is 4. The Morgan fingerprint density at radius 3 is 0.826 bits per heavy atom. The minimum atomic E-state index is 0.656. The van der Waals surface area contributed by atoms with E-state index in [1.165, 1.54) is 122 Å². The van der Waals surface area contributed by atoms with Crippen LogP contribution in [-0.2, 0) is 0 Å². The molecule has 2 saturated carbocycles. The predicted molar refractivity (Wildman–Crippen MR) is 104 cm³/mol. The second kappa shape index (κ2) is 10.1. The fraction of sp³-hybridized carbons (Fsp3) is 1.00. The quantitative estimate of drug-likeness (QED) is 0.420. The van der Waals surface area contributed by atoms with Crippen molar-refractivity contribution in [2.24, 2.45) is 10.8 Å². The molecule has 0 aromatic rings. The Morgan fingerprint density at radius 1 is 0.304 bits per heavy atom. The van der Waals surface area contributed by atoms with E-state index in [0.29, 0.717) is 10.8 Å². The Labute approximate surface area is 147 Å². The lowest BCUT2D eigenvalue weighted by Crippen LogP contribution is -2.20. The Morgan fingerprint density at radius 2 is 0.522 bits per heavy atom. The van der Waals surface area contributed by atoms with Crippen molar-refractivity contribution in [3.05, 3.63) is 0 Å². The van der Waals surface area contributed by atoms with Crippen LogP contribution in [-0.4, -0.2) is 0 Å². The maximum Gasteiger partial charge on any atom is -0.0326 e. The Hall–Kier alpha value is 0. The van der Waals surface area contributed by atoms with E-state index in [0.717, 1.165) is 0 Å². The molecule has 0 heteroatoms. The van der Waals surface area contributed by atoms with Crippen molar-refractivity contribution in [3.63, 3.8) is 0 Å². The first-order valence-electron chi connectivity index (χ1n) is 11.1. The summed E-state index contributed by atoms with van der Waals surface area (Å²) < 4.78 is 0. The van der Waals surface area contributed by atoms with Crippen molar-refractivity contribution in [3.8, 4) is 0 Å². The Balaban J connectivity index is 2.03. The van der Waals surface area contributed by atoms with Crippen LogP contribution < -0.4 is 0 Å². The summed E-state index contributed by atoms with van der Waals surface area (Å²) in [5.41, 5.74) is 1.31. The van der Waals surface area contributed by atoms with E-state index < -0.39 is 0 Å². The van der Waals surface area contributed by atoms with Crippen molar-refractivity contribution in [2.75, 3.05) is 0 Å². The van der Waals surface area contributed by atoms with Crippen LogP contribution in [0.1, 0.15) is 136 Å². The number of hydrogen-bond donors (Lipinski definition) is 0. The van der Waals surface area contributed by atoms with Crippen LogP contribution >= 0.6 is 0 Å². The van der Waals surface area contributed by atoms with Gasteiger partial charge in [-0.25, -0.2) is 0 Å². The molecule has 2 aliphatic carbocycles. The van der Waals surface area contributed by atoms with E-state index in [9.17, 15) is 0 Å². The minimum Gasteiger partial charge on any atom is -0.0596 e. The third-order valence-electron chi connectivity index (χ3n) is 7.18. The molecule has 0 spiro atoms. The molecular formula is C23H44. The maximum absolute atomic E-state index is 2.63. The average Bonchev–Trinajstić information content (AvgIpc) is 2.54. The average molecular weight is 321 g/mol. The second-order valence-electron chi connectivity index (χ2n) is 9.72.